The third kappa shape index (κ3) is 4.99. The Labute approximate surface area is 191 Å². The number of hydrogen-bond donors (Lipinski definition) is 0. The quantitative estimate of drug-likeness (QED) is 0.242. The molecule has 0 fully saturated rings. The summed E-state index contributed by atoms with van der Waals surface area (Å²) in [4.78, 5) is 4.07. The van der Waals surface area contributed by atoms with E-state index in [1.54, 1.807) is 36.3 Å². The molecule has 32 heavy (non-hydrogen) atoms. The second-order valence-corrected chi connectivity index (χ2v) is 8.79. The van der Waals surface area contributed by atoms with Crippen molar-refractivity contribution >= 4 is 11.8 Å². The van der Waals surface area contributed by atoms with E-state index in [-0.39, 0.29) is 5.82 Å². The Kier molecular flexibility index (Phi) is 6.85. The van der Waals surface area contributed by atoms with E-state index in [0.717, 1.165) is 22.2 Å². The van der Waals surface area contributed by atoms with Crippen LogP contribution in [0.2, 0.25) is 0 Å². The fourth-order valence-corrected chi connectivity index (χ4v) is 4.32. The van der Waals surface area contributed by atoms with Crippen molar-refractivity contribution < 1.29 is 9.13 Å². The summed E-state index contributed by atoms with van der Waals surface area (Å²) in [5.74, 6) is 2.45. The molecule has 2 aromatic heterocycles. The lowest BCUT2D eigenvalue weighted by molar-refractivity contribution is 0.343. The van der Waals surface area contributed by atoms with Gasteiger partial charge in [0.25, 0.3) is 0 Å². The van der Waals surface area contributed by atoms with Crippen molar-refractivity contribution in [1.82, 2.24) is 19.7 Å². The summed E-state index contributed by atoms with van der Waals surface area (Å²) in [5, 5.41) is 9.50. The van der Waals surface area contributed by atoms with Gasteiger partial charge in [-0.05, 0) is 72.5 Å². The molecule has 2 heterocycles. The smallest absolute Gasteiger partial charge is 0.196 e. The van der Waals surface area contributed by atoms with Crippen LogP contribution in [0.5, 0.6) is 5.75 Å². The number of nitrogens with zero attached hydrogens (tertiary/aromatic N) is 4. The summed E-state index contributed by atoms with van der Waals surface area (Å²) in [7, 11) is 0. The van der Waals surface area contributed by atoms with Crippen LogP contribution in [0, 0.1) is 12.7 Å². The second kappa shape index (κ2) is 9.96. The standard InChI is InChI=1S/C25H25FN4OS/c1-17(2)23-9-8-22(16-18(23)3)31-14-15-32-25-29-28-24(19-10-12-27-13-11-19)30(25)21-6-4-20(26)5-7-21/h4-13,16-17H,14-15H2,1-3H3. The van der Waals surface area contributed by atoms with Gasteiger partial charge in [0.15, 0.2) is 11.0 Å². The number of hydrogen-bond acceptors (Lipinski definition) is 5. The first-order valence-electron chi connectivity index (χ1n) is 10.5. The summed E-state index contributed by atoms with van der Waals surface area (Å²) in [6.45, 7) is 7.03. The molecular weight excluding hydrogens is 423 g/mol. The van der Waals surface area contributed by atoms with Gasteiger partial charge in [-0.1, -0.05) is 31.7 Å². The van der Waals surface area contributed by atoms with E-state index in [0.29, 0.717) is 24.1 Å². The Balaban J connectivity index is 1.49. The molecule has 0 aliphatic rings. The van der Waals surface area contributed by atoms with Gasteiger partial charge in [-0.3, -0.25) is 9.55 Å². The molecule has 0 amide bonds. The number of halogens is 1. The van der Waals surface area contributed by atoms with E-state index in [9.17, 15) is 4.39 Å². The van der Waals surface area contributed by atoms with Gasteiger partial charge in [0.2, 0.25) is 0 Å². The first kappa shape index (κ1) is 22.0. The molecule has 0 aliphatic carbocycles. The van der Waals surface area contributed by atoms with Crippen molar-refractivity contribution in [1.29, 1.82) is 0 Å². The molecule has 4 rings (SSSR count). The average molecular weight is 449 g/mol. The zero-order chi connectivity index (χ0) is 22.5. The Morgan fingerprint density at radius 3 is 2.44 bits per heavy atom. The van der Waals surface area contributed by atoms with E-state index < -0.39 is 0 Å². The van der Waals surface area contributed by atoms with Gasteiger partial charge in [-0.2, -0.15) is 0 Å². The number of pyridine rings is 1. The summed E-state index contributed by atoms with van der Waals surface area (Å²) >= 11 is 1.55. The number of ether oxygens (including phenoxy) is 1. The number of rotatable bonds is 8. The molecule has 5 nitrogen and oxygen atoms in total. The van der Waals surface area contributed by atoms with Gasteiger partial charge in [-0.25, -0.2) is 4.39 Å². The van der Waals surface area contributed by atoms with E-state index in [4.69, 9.17) is 4.74 Å². The van der Waals surface area contributed by atoms with Crippen molar-refractivity contribution in [3.8, 4) is 22.8 Å². The molecule has 0 bridgehead atoms. The Morgan fingerprint density at radius 1 is 1.00 bits per heavy atom. The van der Waals surface area contributed by atoms with Gasteiger partial charge in [0.1, 0.15) is 11.6 Å². The highest BCUT2D eigenvalue weighted by Gasteiger charge is 2.16. The maximum absolute atomic E-state index is 13.5. The molecule has 0 spiro atoms. The van der Waals surface area contributed by atoms with Gasteiger partial charge in [-0.15, -0.1) is 10.2 Å². The Hall–Kier alpha value is -3.19. The molecule has 0 N–H and O–H groups in total. The molecule has 164 valence electrons. The van der Waals surface area contributed by atoms with Crippen LogP contribution >= 0.6 is 11.8 Å². The summed E-state index contributed by atoms with van der Waals surface area (Å²) in [6, 6.07) is 16.3. The molecule has 4 aromatic rings. The van der Waals surface area contributed by atoms with Crippen LogP contribution in [0.15, 0.2) is 72.1 Å². The minimum Gasteiger partial charge on any atom is -0.493 e. The molecule has 0 saturated heterocycles. The predicted molar refractivity (Wildman–Crippen MR) is 126 cm³/mol. The van der Waals surface area contributed by atoms with Crippen LogP contribution < -0.4 is 4.74 Å². The number of aromatic nitrogens is 4. The SMILES string of the molecule is Cc1cc(OCCSc2nnc(-c3ccncc3)n2-c2ccc(F)cc2)ccc1C(C)C. The summed E-state index contributed by atoms with van der Waals surface area (Å²) < 4.78 is 21.4. The summed E-state index contributed by atoms with van der Waals surface area (Å²) in [5.41, 5.74) is 4.26. The van der Waals surface area contributed by atoms with Crippen molar-refractivity contribution in [3.05, 3.63) is 83.9 Å². The lowest BCUT2D eigenvalue weighted by atomic mass is 9.98. The minimum atomic E-state index is -0.284. The molecule has 2 aromatic carbocycles. The van der Waals surface area contributed by atoms with Crippen LogP contribution in [-0.2, 0) is 0 Å². The lowest BCUT2D eigenvalue weighted by Crippen LogP contribution is -2.04. The largest absolute Gasteiger partial charge is 0.493 e. The Bertz CT molecular complexity index is 1180. The first-order valence-corrected chi connectivity index (χ1v) is 11.5. The fourth-order valence-electron chi connectivity index (χ4n) is 3.55. The summed E-state index contributed by atoms with van der Waals surface area (Å²) in [6.07, 6.45) is 3.43. The lowest BCUT2D eigenvalue weighted by Gasteiger charge is -2.13. The van der Waals surface area contributed by atoms with Crippen molar-refractivity contribution in [3.63, 3.8) is 0 Å². The molecule has 0 unspecified atom stereocenters. The third-order valence-corrected chi connectivity index (χ3v) is 6.00. The minimum absolute atomic E-state index is 0.284. The van der Waals surface area contributed by atoms with Gasteiger partial charge in [0, 0.05) is 29.4 Å². The topological polar surface area (TPSA) is 52.8 Å². The first-order chi connectivity index (χ1) is 15.5. The maximum Gasteiger partial charge on any atom is 0.196 e. The molecule has 0 saturated carbocycles. The predicted octanol–water partition coefficient (Wildman–Crippen LogP) is 6.07. The second-order valence-electron chi connectivity index (χ2n) is 7.72. The van der Waals surface area contributed by atoms with Gasteiger partial charge >= 0.3 is 0 Å². The highest BCUT2D eigenvalue weighted by molar-refractivity contribution is 7.99. The molecule has 0 aliphatic heterocycles. The highest BCUT2D eigenvalue weighted by atomic mass is 32.2. The zero-order valence-corrected chi connectivity index (χ0v) is 19.1. The van der Waals surface area contributed by atoms with Crippen LogP contribution in [0.4, 0.5) is 4.39 Å². The van der Waals surface area contributed by atoms with E-state index in [1.165, 1.54) is 23.3 Å². The third-order valence-electron chi connectivity index (χ3n) is 5.10. The number of benzene rings is 2. The molecule has 0 atom stereocenters. The van der Waals surface area contributed by atoms with E-state index >= 15 is 0 Å². The van der Waals surface area contributed by atoms with E-state index in [1.807, 2.05) is 22.8 Å². The normalized spacial score (nSPS) is 11.2. The number of aryl methyl sites for hydroxylation is 1. The maximum atomic E-state index is 13.5. The average Bonchev–Trinajstić information content (AvgIpc) is 3.21. The zero-order valence-electron chi connectivity index (χ0n) is 18.3. The van der Waals surface area contributed by atoms with E-state index in [2.05, 4.69) is 48.1 Å². The van der Waals surface area contributed by atoms with Crippen molar-refractivity contribution in [2.75, 3.05) is 12.4 Å². The number of thioether (sulfide) groups is 1. The highest BCUT2D eigenvalue weighted by Crippen LogP contribution is 2.28. The van der Waals surface area contributed by atoms with Crippen LogP contribution in [0.1, 0.15) is 30.9 Å². The molecule has 7 heteroatoms. The Morgan fingerprint density at radius 2 is 1.75 bits per heavy atom. The van der Waals surface area contributed by atoms with Gasteiger partial charge < -0.3 is 4.74 Å². The molecular formula is C25H25FN4OS. The van der Waals surface area contributed by atoms with Crippen LogP contribution in [0.3, 0.4) is 0 Å². The monoisotopic (exact) mass is 448 g/mol. The van der Waals surface area contributed by atoms with Crippen molar-refractivity contribution in [2.45, 2.75) is 31.8 Å². The van der Waals surface area contributed by atoms with Crippen LogP contribution in [0.25, 0.3) is 17.1 Å². The van der Waals surface area contributed by atoms with Gasteiger partial charge in [0.05, 0.1) is 6.61 Å². The van der Waals surface area contributed by atoms with Crippen LogP contribution in [-0.4, -0.2) is 32.1 Å². The fraction of sp³-hybridized carbons (Fsp3) is 0.240. The van der Waals surface area contributed by atoms with Crippen molar-refractivity contribution in [2.24, 2.45) is 0 Å². The molecule has 0 radical (unpaired) electrons.